The highest BCUT2D eigenvalue weighted by Gasteiger charge is 2.23. The molecule has 146 valence electrons. The normalized spacial score (nSPS) is 11.7. The summed E-state index contributed by atoms with van der Waals surface area (Å²) < 4.78 is 26.9. The third-order valence-corrected chi connectivity index (χ3v) is 6.69. The average Bonchev–Trinajstić information content (AvgIpc) is 2.68. The highest BCUT2D eigenvalue weighted by Crippen LogP contribution is 2.22. The Balaban J connectivity index is 1.92. The second kappa shape index (κ2) is 8.08. The zero-order chi connectivity index (χ0) is 20.3. The van der Waals surface area contributed by atoms with Gasteiger partial charge in [-0.1, -0.05) is 38.1 Å². The van der Waals surface area contributed by atoms with Gasteiger partial charge in [-0.2, -0.15) is 4.31 Å². The Hall–Kier alpha value is -2.77. The largest absolute Gasteiger partial charge is 0.321 e. The predicted molar refractivity (Wildman–Crippen MR) is 111 cm³/mol. The molecule has 3 rings (SSSR count). The number of aromatic nitrogens is 1. The zero-order valence-electron chi connectivity index (χ0n) is 16.1. The molecule has 0 saturated heterocycles. The summed E-state index contributed by atoms with van der Waals surface area (Å²) in [4.78, 5) is 17.3. The van der Waals surface area contributed by atoms with E-state index >= 15 is 0 Å². The summed E-state index contributed by atoms with van der Waals surface area (Å²) in [6.45, 7) is 6.10. The van der Waals surface area contributed by atoms with Crippen LogP contribution in [0.25, 0.3) is 10.9 Å². The molecule has 1 aromatic heterocycles. The Bertz CT molecular complexity index is 1120. The van der Waals surface area contributed by atoms with Gasteiger partial charge in [-0.15, -0.1) is 0 Å². The van der Waals surface area contributed by atoms with Gasteiger partial charge in [0, 0.05) is 24.0 Å². The molecule has 1 amide bonds. The van der Waals surface area contributed by atoms with E-state index in [2.05, 4.69) is 10.3 Å². The van der Waals surface area contributed by atoms with Crippen LogP contribution >= 0.6 is 0 Å². The molecule has 0 spiro atoms. The molecule has 0 unspecified atom stereocenters. The number of rotatable bonds is 6. The molecule has 6 nitrogen and oxygen atoms in total. The van der Waals surface area contributed by atoms with Gasteiger partial charge in [0.2, 0.25) is 10.0 Å². The second-order valence-electron chi connectivity index (χ2n) is 6.44. The number of benzene rings is 2. The van der Waals surface area contributed by atoms with E-state index in [1.807, 2.05) is 30.3 Å². The number of sulfonamides is 1. The molecule has 7 heteroatoms. The fraction of sp³-hybridized carbons (Fsp3) is 0.238. The fourth-order valence-electron chi connectivity index (χ4n) is 3.06. The van der Waals surface area contributed by atoms with Crippen LogP contribution in [0.4, 0.5) is 5.69 Å². The van der Waals surface area contributed by atoms with Crippen LogP contribution in [0, 0.1) is 6.92 Å². The monoisotopic (exact) mass is 397 g/mol. The smallest absolute Gasteiger partial charge is 0.256 e. The fourth-order valence-corrected chi connectivity index (χ4v) is 4.54. The predicted octanol–water partition coefficient (Wildman–Crippen LogP) is 3.83. The number of carbonyl (C=O) groups excluding carboxylic acids is 1. The van der Waals surface area contributed by atoms with Crippen molar-refractivity contribution in [3.05, 3.63) is 65.9 Å². The van der Waals surface area contributed by atoms with E-state index < -0.39 is 10.0 Å². The summed E-state index contributed by atoms with van der Waals surface area (Å²) in [7, 11) is -3.63. The number of pyridine rings is 1. The molecule has 0 bridgehead atoms. The minimum absolute atomic E-state index is 0.114. The maximum Gasteiger partial charge on any atom is 0.256 e. The van der Waals surface area contributed by atoms with E-state index in [1.165, 1.54) is 16.4 Å². The molecular formula is C21H23N3O3S. The van der Waals surface area contributed by atoms with Crippen LogP contribution in [0.5, 0.6) is 0 Å². The van der Waals surface area contributed by atoms with Gasteiger partial charge in [0.05, 0.1) is 22.3 Å². The van der Waals surface area contributed by atoms with Crippen molar-refractivity contribution in [3.8, 4) is 0 Å². The number of anilines is 1. The number of hydrogen-bond acceptors (Lipinski definition) is 4. The molecule has 0 aliphatic carbocycles. The first-order valence-corrected chi connectivity index (χ1v) is 10.6. The maximum atomic E-state index is 12.8. The lowest BCUT2D eigenvalue weighted by molar-refractivity contribution is 0.102. The lowest BCUT2D eigenvalue weighted by Crippen LogP contribution is -2.30. The lowest BCUT2D eigenvalue weighted by atomic mass is 10.1. The maximum absolute atomic E-state index is 12.8. The van der Waals surface area contributed by atoms with Gasteiger partial charge in [-0.05, 0) is 36.8 Å². The Morgan fingerprint density at radius 2 is 1.79 bits per heavy atom. The van der Waals surface area contributed by atoms with Gasteiger partial charge in [0.25, 0.3) is 5.91 Å². The quantitative estimate of drug-likeness (QED) is 0.686. The van der Waals surface area contributed by atoms with E-state index in [9.17, 15) is 13.2 Å². The first-order valence-electron chi connectivity index (χ1n) is 9.13. The number of nitrogens with one attached hydrogen (secondary N) is 1. The number of fused-ring (bicyclic) bond motifs is 1. The van der Waals surface area contributed by atoms with Crippen LogP contribution in [-0.2, 0) is 10.0 Å². The summed E-state index contributed by atoms with van der Waals surface area (Å²) in [5.41, 5.74) is 2.41. The highest BCUT2D eigenvalue weighted by atomic mass is 32.2. The van der Waals surface area contributed by atoms with Gasteiger partial charge in [-0.3, -0.25) is 9.78 Å². The van der Waals surface area contributed by atoms with Crippen molar-refractivity contribution in [1.29, 1.82) is 0 Å². The summed E-state index contributed by atoms with van der Waals surface area (Å²) in [5.74, 6) is -0.369. The van der Waals surface area contributed by atoms with Crippen LogP contribution in [0.15, 0.2) is 59.6 Å². The van der Waals surface area contributed by atoms with Crippen molar-refractivity contribution >= 4 is 32.5 Å². The second-order valence-corrected chi connectivity index (χ2v) is 8.37. The first-order chi connectivity index (χ1) is 13.4. The molecule has 0 radical (unpaired) electrons. The number of amides is 1. The summed E-state index contributed by atoms with van der Waals surface area (Å²) in [6.07, 6.45) is 1.59. The van der Waals surface area contributed by atoms with Gasteiger partial charge >= 0.3 is 0 Å². The molecule has 0 aliphatic rings. The summed E-state index contributed by atoms with van der Waals surface area (Å²) in [6, 6.07) is 14.1. The van der Waals surface area contributed by atoms with Crippen molar-refractivity contribution in [2.24, 2.45) is 0 Å². The SMILES string of the molecule is CCN(CC)S(=O)(=O)c1ccc(C)c(C(=O)Nc2cnc3ccccc3c2)c1. The molecule has 0 fully saturated rings. The number of carbonyl (C=O) groups is 1. The Morgan fingerprint density at radius 3 is 2.50 bits per heavy atom. The molecule has 0 saturated carbocycles. The third kappa shape index (κ3) is 3.90. The van der Waals surface area contributed by atoms with E-state index in [0.717, 1.165) is 10.9 Å². The van der Waals surface area contributed by atoms with Crippen molar-refractivity contribution in [2.75, 3.05) is 18.4 Å². The van der Waals surface area contributed by atoms with Crippen LogP contribution in [0.1, 0.15) is 29.8 Å². The van der Waals surface area contributed by atoms with E-state index in [0.29, 0.717) is 29.9 Å². The van der Waals surface area contributed by atoms with Gasteiger partial charge in [-0.25, -0.2) is 8.42 Å². The van der Waals surface area contributed by atoms with Gasteiger partial charge in [0.1, 0.15) is 0 Å². The molecule has 28 heavy (non-hydrogen) atoms. The Kier molecular flexibility index (Phi) is 5.76. The summed E-state index contributed by atoms with van der Waals surface area (Å²) >= 11 is 0. The standard InChI is InChI=1S/C21H23N3O3S/c1-4-24(5-2)28(26,27)18-11-10-15(3)19(13-18)21(25)23-17-12-16-8-6-7-9-20(16)22-14-17/h6-14H,4-5H2,1-3H3,(H,23,25). The van der Waals surface area contributed by atoms with Crippen LogP contribution in [0.3, 0.4) is 0 Å². The molecular weight excluding hydrogens is 374 g/mol. The minimum atomic E-state index is -3.63. The van der Waals surface area contributed by atoms with E-state index in [-0.39, 0.29) is 10.8 Å². The number of hydrogen-bond donors (Lipinski definition) is 1. The number of nitrogens with zero attached hydrogens (tertiary/aromatic N) is 2. The van der Waals surface area contributed by atoms with Crippen LogP contribution in [-0.4, -0.2) is 36.7 Å². The topological polar surface area (TPSA) is 79.4 Å². The van der Waals surface area contributed by atoms with Crippen molar-refractivity contribution < 1.29 is 13.2 Å². The minimum Gasteiger partial charge on any atom is -0.321 e. The zero-order valence-corrected chi connectivity index (χ0v) is 17.0. The molecule has 2 aromatic carbocycles. The molecule has 3 aromatic rings. The number of aryl methyl sites for hydroxylation is 1. The van der Waals surface area contributed by atoms with Crippen LogP contribution < -0.4 is 5.32 Å². The molecule has 0 atom stereocenters. The molecule has 0 aliphatic heterocycles. The van der Waals surface area contributed by atoms with E-state index in [1.54, 1.807) is 33.0 Å². The first kappa shape index (κ1) is 20.0. The third-order valence-electron chi connectivity index (χ3n) is 4.65. The highest BCUT2D eigenvalue weighted by molar-refractivity contribution is 7.89. The van der Waals surface area contributed by atoms with Crippen molar-refractivity contribution in [1.82, 2.24) is 9.29 Å². The Labute approximate surface area is 165 Å². The number of para-hydroxylation sites is 1. The average molecular weight is 398 g/mol. The van der Waals surface area contributed by atoms with Crippen molar-refractivity contribution in [3.63, 3.8) is 0 Å². The van der Waals surface area contributed by atoms with E-state index in [4.69, 9.17) is 0 Å². The van der Waals surface area contributed by atoms with Crippen LogP contribution in [0.2, 0.25) is 0 Å². The van der Waals surface area contributed by atoms with Gasteiger partial charge in [0.15, 0.2) is 0 Å². The molecule has 1 heterocycles. The Morgan fingerprint density at radius 1 is 1.07 bits per heavy atom. The van der Waals surface area contributed by atoms with Gasteiger partial charge < -0.3 is 5.32 Å². The van der Waals surface area contributed by atoms with Crippen molar-refractivity contribution in [2.45, 2.75) is 25.7 Å². The molecule has 1 N–H and O–H groups in total. The lowest BCUT2D eigenvalue weighted by Gasteiger charge is -2.19. The summed E-state index contributed by atoms with van der Waals surface area (Å²) in [5, 5.41) is 3.73.